The van der Waals surface area contributed by atoms with Crippen LogP contribution < -0.4 is 0 Å². The standard InChI is InChI=1S/C12H22O6/c1-2-3-4-5-8(14)6-12(17)11(16)10(15)9(7-13)18-12/h9-11,13,15-17H,2-7H2,1H3/t9-,10+,11-,12-/m1/s1. The summed E-state index contributed by atoms with van der Waals surface area (Å²) in [5.41, 5.74) is 0. The molecule has 0 amide bonds. The van der Waals surface area contributed by atoms with Gasteiger partial charge in [-0.15, -0.1) is 0 Å². The number of hydrogen-bond donors (Lipinski definition) is 4. The number of unbranched alkanes of at least 4 members (excludes halogenated alkanes) is 2. The number of carbonyl (C=O) groups excluding carboxylic acids is 1. The minimum Gasteiger partial charge on any atom is -0.394 e. The average molecular weight is 262 g/mol. The number of ether oxygens (including phenoxy) is 1. The molecule has 0 bridgehead atoms. The second-order valence-electron chi connectivity index (χ2n) is 4.79. The summed E-state index contributed by atoms with van der Waals surface area (Å²) < 4.78 is 4.98. The Labute approximate surface area is 106 Å². The van der Waals surface area contributed by atoms with Crippen LogP contribution in [0.3, 0.4) is 0 Å². The van der Waals surface area contributed by atoms with Gasteiger partial charge in [0.05, 0.1) is 13.0 Å². The Bertz CT molecular complexity index is 282. The molecule has 1 heterocycles. The number of rotatable bonds is 7. The predicted molar refractivity (Wildman–Crippen MR) is 62.7 cm³/mol. The first kappa shape index (κ1) is 15.5. The highest BCUT2D eigenvalue weighted by Gasteiger charge is 2.53. The molecule has 18 heavy (non-hydrogen) atoms. The van der Waals surface area contributed by atoms with E-state index in [0.717, 1.165) is 19.3 Å². The molecule has 1 aliphatic heterocycles. The highest BCUT2D eigenvalue weighted by Crippen LogP contribution is 2.32. The maximum atomic E-state index is 11.6. The van der Waals surface area contributed by atoms with Crippen LogP contribution in [0.15, 0.2) is 0 Å². The fourth-order valence-electron chi connectivity index (χ4n) is 2.11. The van der Waals surface area contributed by atoms with Gasteiger partial charge in [0.1, 0.15) is 24.1 Å². The third-order valence-electron chi connectivity index (χ3n) is 3.21. The molecule has 0 radical (unpaired) electrons. The number of Topliss-reactive ketones (excluding diaryl/α,β-unsaturated/α-hetero) is 1. The summed E-state index contributed by atoms with van der Waals surface area (Å²) in [7, 11) is 0. The quantitative estimate of drug-likeness (QED) is 0.453. The van der Waals surface area contributed by atoms with E-state index >= 15 is 0 Å². The lowest BCUT2D eigenvalue weighted by Crippen LogP contribution is -2.44. The minimum absolute atomic E-state index is 0.226. The van der Waals surface area contributed by atoms with Crippen LogP contribution in [0.2, 0.25) is 0 Å². The maximum Gasteiger partial charge on any atom is 0.202 e. The second-order valence-corrected chi connectivity index (χ2v) is 4.79. The number of hydrogen-bond acceptors (Lipinski definition) is 6. The zero-order valence-electron chi connectivity index (χ0n) is 10.6. The van der Waals surface area contributed by atoms with Gasteiger partial charge in [0.25, 0.3) is 0 Å². The van der Waals surface area contributed by atoms with Crippen LogP contribution in [0.1, 0.15) is 39.0 Å². The predicted octanol–water partition coefficient (Wildman–Crippen LogP) is -0.673. The van der Waals surface area contributed by atoms with Crippen molar-refractivity contribution in [2.24, 2.45) is 0 Å². The lowest BCUT2D eigenvalue weighted by atomic mass is 9.98. The van der Waals surface area contributed by atoms with E-state index in [-0.39, 0.29) is 12.2 Å². The van der Waals surface area contributed by atoms with E-state index in [1.54, 1.807) is 0 Å². The Morgan fingerprint density at radius 1 is 1.33 bits per heavy atom. The minimum atomic E-state index is -2.09. The molecule has 1 fully saturated rings. The molecular formula is C12H22O6. The largest absolute Gasteiger partial charge is 0.394 e. The van der Waals surface area contributed by atoms with Crippen molar-refractivity contribution in [1.29, 1.82) is 0 Å². The Kier molecular flexibility index (Phi) is 5.68. The van der Waals surface area contributed by atoms with E-state index in [1.165, 1.54) is 0 Å². The Balaban J connectivity index is 2.52. The fraction of sp³-hybridized carbons (Fsp3) is 0.917. The molecule has 0 saturated carbocycles. The van der Waals surface area contributed by atoms with Gasteiger partial charge in [-0.3, -0.25) is 4.79 Å². The second kappa shape index (κ2) is 6.58. The number of aliphatic hydroxyl groups excluding tert-OH is 3. The van der Waals surface area contributed by atoms with Gasteiger partial charge < -0.3 is 25.2 Å². The third kappa shape index (κ3) is 3.49. The molecule has 6 heteroatoms. The van der Waals surface area contributed by atoms with E-state index in [9.17, 15) is 20.1 Å². The number of carbonyl (C=O) groups is 1. The molecule has 0 unspecified atom stereocenters. The number of aliphatic hydroxyl groups is 4. The van der Waals surface area contributed by atoms with Gasteiger partial charge in [-0.05, 0) is 6.42 Å². The van der Waals surface area contributed by atoms with Crippen molar-refractivity contribution in [1.82, 2.24) is 0 Å². The van der Waals surface area contributed by atoms with Crippen LogP contribution >= 0.6 is 0 Å². The lowest BCUT2D eigenvalue weighted by molar-refractivity contribution is -0.231. The highest BCUT2D eigenvalue weighted by atomic mass is 16.7. The zero-order valence-corrected chi connectivity index (χ0v) is 10.6. The molecule has 1 aliphatic rings. The monoisotopic (exact) mass is 262 g/mol. The van der Waals surface area contributed by atoms with E-state index < -0.39 is 30.7 Å². The Morgan fingerprint density at radius 3 is 2.50 bits per heavy atom. The third-order valence-corrected chi connectivity index (χ3v) is 3.21. The molecule has 1 saturated heterocycles. The van der Waals surface area contributed by atoms with Gasteiger partial charge in [-0.25, -0.2) is 0 Å². The molecule has 0 aromatic carbocycles. The molecule has 0 spiro atoms. The highest BCUT2D eigenvalue weighted by molar-refractivity contribution is 5.79. The van der Waals surface area contributed by atoms with Crippen molar-refractivity contribution in [3.05, 3.63) is 0 Å². The molecule has 6 nitrogen and oxygen atoms in total. The van der Waals surface area contributed by atoms with E-state index in [1.807, 2.05) is 6.92 Å². The Morgan fingerprint density at radius 2 is 2.00 bits per heavy atom. The van der Waals surface area contributed by atoms with Crippen molar-refractivity contribution in [3.63, 3.8) is 0 Å². The SMILES string of the molecule is CCCCCC(=O)C[C@@]1(O)O[C@H](CO)[C@H](O)[C@H]1O. The van der Waals surface area contributed by atoms with Gasteiger partial charge in [0, 0.05) is 6.42 Å². The summed E-state index contributed by atoms with van der Waals surface area (Å²) in [6.07, 6.45) is -1.44. The van der Waals surface area contributed by atoms with Crippen molar-refractivity contribution < 1.29 is 30.0 Å². The summed E-state index contributed by atoms with van der Waals surface area (Å²) in [5, 5.41) is 38.1. The van der Waals surface area contributed by atoms with E-state index in [4.69, 9.17) is 9.84 Å². The van der Waals surface area contributed by atoms with Gasteiger partial charge in [0.15, 0.2) is 0 Å². The smallest absolute Gasteiger partial charge is 0.202 e. The van der Waals surface area contributed by atoms with Crippen LogP contribution in [-0.2, 0) is 9.53 Å². The molecule has 0 aliphatic carbocycles. The summed E-state index contributed by atoms with van der Waals surface area (Å²) in [6.45, 7) is 1.49. The number of ketones is 1. The van der Waals surface area contributed by atoms with Crippen LogP contribution in [0.5, 0.6) is 0 Å². The first-order chi connectivity index (χ1) is 8.44. The maximum absolute atomic E-state index is 11.6. The van der Waals surface area contributed by atoms with Gasteiger partial charge in [-0.1, -0.05) is 19.8 Å². The van der Waals surface area contributed by atoms with Crippen molar-refractivity contribution in [2.75, 3.05) is 6.61 Å². The van der Waals surface area contributed by atoms with E-state index in [0.29, 0.717) is 6.42 Å². The van der Waals surface area contributed by atoms with Crippen molar-refractivity contribution in [3.8, 4) is 0 Å². The summed E-state index contributed by atoms with van der Waals surface area (Å²) in [4.78, 5) is 11.6. The molecule has 0 aromatic rings. The molecule has 106 valence electrons. The fourth-order valence-corrected chi connectivity index (χ4v) is 2.11. The topological polar surface area (TPSA) is 107 Å². The summed E-state index contributed by atoms with van der Waals surface area (Å²) >= 11 is 0. The normalized spacial score (nSPS) is 35.9. The molecule has 0 aromatic heterocycles. The van der Waals surface area contributed by atoms with Crippen LogP contribution in [0, 0.1) is 0 Å². The van der Waals surface area contributed by atoms with E-state index in [2.05, 4.69) is 0 Å². The Hall–Kier alpha value is -0.530. The summed E-state index contributed by atoms with van der Waals surface area (Å²) in [6, 6.07) is 0. The lowest BCUT2D eigenvalue weighted by Gasteiger charge is -2.25. The molecule has 4 atom stereocenters. The molecule has 1 rings (SSSR count). The first-order valence-corrected chi connectivity index (χ1v) is 6.33. The molecule has 4 N–H and O–H groups in total. The van der Waals surface area contributed by atoms with Gasteiger partial charge >= 0.3 is 0 Å². The van der Waals surface area contributed by atoms with Crippen LogP contribution in [-0.4, -0.2) is 56.9 Å². The summed E-state index contributed by atoms with van der Waals surface area (Å²) in [5.74, 6) is -2.31. The van der Waals surface area contributed by atoms with Crippen LogP contribution in [0.25, 0.3) is 0 Å². The first-order valence-electron chi connectivity index (χ1n) is 6.33. The van der Waals surface area contributed by atoms with Gasteiger partial charge in [-0.2, -0.15) is 0 Å². The molecular weight excluding hydrogens is 240 g/mol. The van der Waals surface area contributed by atoms with Crippen molar-refractivity contribution >= 4 is 5.78 Å². The zero-order chi connectivity index (χ0) is 13.8. The van der Waals surface area contributed by atoms with Gasteiger partial charge in [0.2, 0.25) is 5.79 Å². The van der Waals surface area contributed by atoms with Crippen molar-refractivity contribution in [2.45, 2.75) is 63.1 Å². The van der Waals surface area contributed by atoms with Crippen LogP contribution in [0.4, 0.5) is 0 Å². The average Bonchev–Trinajstić information content (AvgIpc) is 2.54.